The van der Waals surface area contributed by atoms with Gasteiger partial charge in [-0.05, 0) is 32.1 Å². The van der Waals surface area contributed by atoms with E-state index >= 15 is 0 Å². The van der Waals surface area contributed by atoms with Gasteiger partial charge >= 0.3 is 6.16 Å². The van der Waals surface area contributed by atoms with Crippen molar-refractivity contribution in [3.8, 4) is 5.88 Å². The molecule has 30 heavy (non-hydrogen) atoms. The second-order valence-electron chi connectivity index (χ2n) is 8.75. The Hall–Kier alpha value is -1.67. The zero-order valence-corrected chi connectivity index (χ0v) is 19.3. The zero-order chi connectivity index (χ0) is 21.2. The van der Waals surface area contributed by atoms with Gasteiger partial charge in [0.25, 0.3) is 5.88 Å². The van der Waals surface area contributed by atoms with Crippen LogP contribution in [0.15, 0.2) is 6.08 Å². The van der Waals surface area contributed by atoms with E-state index in [4.69, 9.17) is 14.2 Å². The molecule has 1 atom stereocenters. The van der Waals surface area contributed by atoms with Gasteiger partial charge in [-0.25, -0.2) is 4.79 Å². The third-order valence-electron chi connectivity index (χ3n) is 5.92. The van der Waals surface area contributed by atoms with E-state index in [1.54, 1.807) is 0 Å². The van der Waals surface area contributed by atoms with Crippen LogP contribution in [0.25, 0.3) is 5.57 Å². The number of aromatic nitrogens is 2. The standard InChI is InChI=1S/C22H36N3O4S/c1-3-4-5-9-15-27-21-20(23-30-24-21)18-11-10-14-25(2,16-18)17-28-22(26)29-19-12-7-6-8-13-19/h11,19H,3-10,12-17H2,1-2H3/q+1. The fourth-order valence-electron chi connectivity index (χ4n) is 4.12. The third-order valence-corrected chi connectivity index (χ3v) is 6.43. The van der Waals surface area contributed by atoms with Crippen LogP contribution < -0.4 is 4.74 Å². The van der Waals surface area contributed by atoms with Crippen LogP contribution in [0.5, 0.6) is 5.88 Å². The molecule has 0 spiro atoms. The second kappa shape index (κ2) is 11.6. The molecule has 8 heteroatoms. The van der Waals surface area contributed by atoms with Gasteiger partial charge in [0.15, 0.2) is 0 Å². The Morgan fingerprint density at radius 2 is 2.03 bits per heavy atom. The fourth-order valence-corrected chi connectivity index (χ4v) is 4.65. The molecule has 0 aromatic carbocycles. The minimum atomic E-state index is -0.538. The molecule has 2 aliphatic rings. The monoisotopic (exact) mass is 438 g/mol. The molecule has 1 aromatic rings. The van der Waals surface area contributed by atoms with Gasteiger partial charge in [0.05, 0.1) is 31.9 Å². The van der Waals surface area contributed by atoms with Crippen LogP contribution in [0, 0.1) is 0 Å². The Kier molecular flexibility index (Phi) is 8.93. The molecule has 0 amide bonds. The number of likely N-dealkylation sites (N-methyl/N-ethyl adjacent to an activating group) is 1. The van der Waals surface area contributed by atoms with Gasteiger partial charge in [0.1, 0.15) is 18.3 Å². The summed E-state index contributed by atoms with van der Waals surface area (Å²) in [6, 6.07) is 0. The van der Waals surface area contributed by atoms with Crippen molar-refractivity contribution >= 4 is 23.5 Å². The van der Waals surface area contributed by atoms with E-state index in [2.05, 4.69) is 28.8 Å². The van der Waals surface area contributed by atoms with Crippen LogP contribution in [-0.2, 0) is 9.47 Å². The number of quaternary nitrogens is 1. The number of carbonyl (C=O) groups is 1. The molecule has 0 N–H and O–H groups in total. The Morgan fingerprint density at radius 1 is 1.20 bits per heavy atom. The predicted molar refractivity (Wildman–Crippen MR) is 117 cm³/mol. The largest absolute Gasteiger partial charge is 0.512 e. The molecule has 1 unspecified atom stereocenters. The summed E-state index contributed by atoms with van der Waals surface area (Å²) in [5.41, 5.74) is 1.95. The smallest absolute Gasteiger partial charge is 0.475 e. The first kappa shape index (κ1) is 23.0. The van der Waals surface area contributed by atoms with Gasteiger partial charge in [0.2, 0.25) is 6.73 Å². The second-order valence-corrected chi connectivity index (χ2v) is 9.28. The molecule has 1 aromatic heterocycles. The van der Waals surface area contributed by atoms with Crippen LogP contribution in [0.1, 0.15) is 76.8 Å². The van der Waals surface area contributed by atoms with Gasteiger partial charge in [-0.15, -0.1) is 4.37 Å². The lowest BCUT2D eigenvalue weighted by atomic mass is 9.98. The first-order valence-corrected chi connectivity index (χ1v) is 12.1. The lowest BCUT2D eigenvalue weighted by Crippen LogP contribution is -2.49. The average Bonchev–Trinajstić information content (AvgIpc) is 3.22. The molecule has 0 saturated heterocycles. The quantitative estimate of drug-likeness (QED) is 0.285. The van der Waals surface area contributed by atoms with E-state index < -0.39 is 6.16 Å². The zero-order valence-electron chi connectivity index (χ0n) is 18.4. The number of hydrogen-bond donors (Lipinski definition) is 0. The lowest BCUT2D eigenvalue weighted by Gasteiger charge is -2.36. The van der Waals surface area contributed by atoms with Crippen molar-refractivity contribution in [2.45, 2.75) is 77.2 Å². The highest BCUT2D eigenvalue weighted by Gasteiger charge is 2.32. The molecule has 168 valence electrons. The van der Waals surface area contributed by atoms with Gasteiger partial charge in [0, 0.05) is 12.0 Å². The number of nitrogens with zero attached hydrogens (tertiary/aromatic N) is 3. The molecule has 1 fully saturated rings. The number of carbonyl (C=O) groups excluding carboxylic acids is 1. The Morgan fingerprint density at radius 3 is 2.83 bits per heavy atom. The number of hydrogen-bond acceptors (Lipinski definition) is 7. The molecule has 1 aliphatic carbocycles. The van der Waals surface area contributed by atoms with E-state index in [0.717, 1.165) is 62.9 Å². The van der Waals surface area contributed by atoms with Crippen LogP contribution in [0.4, 0.5) is 4.79 Å². The molecule has 1 saturated carbocycles. The molecule has 1 aliphatic heterocycles. The van der Waals surface area contributed by atoms with E-state index in [1.807, 2.05) is 0 Å². The number of ether oxygens (including phenoxy) is 3. The minimum absolute atomic E-state index is 0.0199. The molecule has 7 nitrogen and oxygen atoms in total. The predicted octanol–water partition coefficient (Wildman–Crippen LogP) is 5.17. The number of rotatable bonds is 10. The highest BCUT2D eigenvalue weighted by Crippen LogP contribution is 2.30. The fraction of sp³-hybridized carbons (Fsp3) is 0.773. The van der Waals surface area contributed by atoms with Crippen LogP contribution in [0.3, 0.4) is 0 Å². The lowest BCUT2D eigenvalue weighted by molar-refractivity contribution is -0.919. The van der Waals surface area contributed by atoms with Crippen molar-refractivity contribution in [2.24, 2.45) is 0 Å². The van der Waals surface area contributed by atoms with Crippen molar-refractivity contribution in [1.82, 2.24) is 8.75 Å². The first-order chi connectivity index (χ1) is 14.6. The summed E-state index contributed by atoms with van der Waals surface area (Å²) in [4.78, 5) is 12.1. The van der Waals surface area contributed by atoms with Gasteiger partial charge < -0.3 is 14.2 Å². The van der Waals surface area contributed by atoms with Gasteiger partial charge in [-0.3, -0.25) is 4.48 Å². The van der Waals surface area contributed by atoms with E-state index in [0.29, 0.717) is 23.7 Å². The van der Waals surface area contributed by atoms with Crippen LogP contribution in [-0.4, -0.2) is 59.0 Å². The van der Waals surface area contributed by atoms with E-state index in [1.165, 1.54) is 37.4 Å². The highest BCUT2D eigenvalue weighted by atomic mass is 32.1. The molecule has 0 bridgehead atoms. The molecular weight excluding hydrogens is 402 g/mol. The average molecular weight is 439 g/mol. The first-order valence-electron chi connectivity index (χ1n) is 11.4. The van der Waals surface area contributed by atoms with Crippen molar-refractivity contribution in [3.63, 3.8) is 0 Å². The van der Waals surface area contributed by atoms with Crippen LogP contribution in [0.2, 0.25) is 0 Å². The molecule has 0 radical (unpaired) electrons. The molecular formula is C22H36N3O4S+. The maximum atomic E-state index is 12.1. The van der Waals surface area contributed by atoms with Gasteiger partial charge in [-0.1, -0.05) is 38.7 Å². The van der Waals surface area contributed by atoms with E-state index in [9.17, 15) is 4.79 Å². The Bertz CT molecular complexity index is 702. The van der Waals surface area contributed by atoms with Crippen LogP contribution >= 0.6 is 11.7 Å². The summed E-state index contributed by atoms with van der Waals surface area (Å²) in [7, 11) is 2.10. The van der Waals surface area contributed by atoms with E-state index in [-0.39, 0.29) is 6.10 Å². The van der Waals surface area contributed by atoms with Gasteiger partial charge in [-0.2, -0.15) is 4.37 Å². The van der Waals surface area contributed by atoms with Crippen molar-refractivity contribution in [2.75, 3.05) is 33.5 Å². The SMILES string of the molecule is CCCCCCOc1nsnc1C1=CCC[N+](C)(COC(=O)OC2CCCCC2)C1. The summed E-state index contributed by atoms with van der Waals surface area (Å²) in [5, 5.41) is 0. The maximum Gasteiger partial charge on any atom is 0.512 e. The maximum absolute atomic E-state index is 12.1. The topological polar surface area (TPSA) is 70.5 Å². The summed E-state index contributed by atoms with van der Waals surface area (Å²) < 4.78 is 26.4. The van der Waals surface area contributed by atoms with Crippen molar-refractivity contribution < 1.29 is 23.5 Å². The summed E-state index contributed by atoms with van der Waals surface area (Å²) in [6.07, 6.45) is 12.6. The number of unbranched alkanes of at least 4 members (excludes halogenated alkanes) is 3. The normalized spacial score (nSPS) is 22.4. The summed E-state index contributed by atoms with van der Waals surface area (Å²) in [5.74, 6) is 0.633. The Labute approximate surface area is 184 Å². The van der Waals surface area contributed by atoms with Crippen molar-refractivity contribution in [3.05, 3.63) is 11.8 Å². The summed E-state index contributed by atoms with van der Waals surface area (Å²) >= 11 is 1.19. The third kappa shape index (κ3) is 6.94. The van der Waals surface area contributed by atoms with Crippen molar-refractivity contribution in [1.29, 1.82) is 0 Å². The molecule has 2 heterocycles. The summed E-state index contributed by atoms with van der Waals surface area (Å²) in [6.45, 7) is 4.81. The molecule has 3 rings (SSSR count). The minimum Gasteiger partial charge on any atom is -0.475 e. The Balaban J connectivity index is 1.48. The highest BCUT2D eigenvalue weighted by molar-refractivity contribution is 6.99.